The smallest absolute Gasteiger partial charge is 0.236 e. The van der Waals surface area contributed by atoms with Crippen molar-refractivity contribution in [2.75, 3.05) is 7.05 Å². The van der Waals surface area contributed by atoms with Gasteiger partial charge in [-0.2, -0.15) is 0 Å². The summed E-state index contributed by atoms with van der Waals surface area (Å²) in [5.41, 5.74) is -1.32. The van der Waals surface area contributed by atoms with Crippen molar-refractivity contribution < 1.29 is 19.8 Å². The molecule has 138 valence electrons. The Hall–Kier alpha value is -3.02. The average Bonchev–Trinajstić information content (AvgIpc) is 2.96. The lowest BCUT2D eigenvalue weighted by atomic mass is 9.50. The third-order valence-corrected chi connectivity index (χ3v) is 6.88. The molecule has 0 saturated carbocycles. The first-order valence-corrected chi connectivity index (χ1v) is 9.30. The molecule has 4 atom stereocenters. The third kappa shape index (κ3) is 1.47. The van der Waals surface area contributed by atoms with Gasteiger partial charge in [0.15, 0.2) is 0 Å². The molecule has 4 aliphatic rings. The standard InChI is InChI=1S/C23H17NO4/c1-24-20(25)18-19(21(24)26)23(28)15-9-5-4-8-14(15)22(18,27)16-10-12-6-2-3-7-13(12)11-17(16)23/h2-11,18-19,27-28H,1H3/t18-,19+,22-,23-/m1/s1. The van der Waals surface area contributed by atoms with Crippen molar-refractivity contribution in [3.05, 3.63) is 82.9 Å². The molecule has 1 fully saturated rings. The van der Waals surface area contributed by atoms with Gasteiger partial charge < -0.3 is 10.2 Å². The van der Waals surface area contributed by atoms with E-state index in [1.54, 1.807) is 24.3 Å². The number of benzene rings is 3. The number of nitrogens with zero attached hydrogens (tertiary/aromatic N) is 1. The first-order chi connectivity index (χ1) is 13.4. The van der Waals surface area contributed by atoms with Gasteiger partial charge in [0.25, 0.3) is 0 Å². The van der Waals surface area contributed by atoms with E-state index in [1.165, 1.54) is 7.05 Å². The number of amides is 2. The molecule has 1 aliphatic heterocycles. The van der Waals surface area contributed by atoms with E-state index in [0.29, 0.717) is 22.3 Å². The quantitative estimate of drug-likeness (QED) is 0.592. The maximum Gasteiger partial charge on any atom is 0.236 e. The van der Waals surface area contributed by atoms with Crippen LogP contribution in [0.1, 0.15) is 22.3 Å². The molecule has 28 heavy (non-hydrogen) atoms. The molecule has 0 aromatic heterocycles. The van der Waals surface area contributed by atoms with Crippen LogP contribution >= 0.6 is 0 Å². The highest BCUT2D eigenvalue weighted by molar-refractivity contribution is 6.08. The second kappa shape index (κ2) is 4.69. The van der Waals surface area contributed by atoms with Crippen LogP contribution in [0.4, 0.5) is 0 Å². The zero-order chi connectivity index (χ0) is 19.4. The molecule has 1 saturated heterocycles. The summed E-state index contributed by atoms with van der Waals surface area (Å²) in [6, 6.07) is 18.4. The average molecular weight is 371 g/mol. The summed E-state index contributed by atoms with van der Waals surface area (Å²) in [6.45, 7) is 0. The minimum absolute atomic E-state index is 0.454. The van der Waals surface area contributed by atoms with Crippen LogP contribution in [-0.2, 0) is 20.8 Å². The Morgan fingerprint density at radius 1 is 0.714 bits per heavy atom. The molecule has 3 aromatic rings. The maximum atomic E-state index is 13.0. The summed E-state index contributed by atoms with van der Waals surface area (Å²) in [4.78, 5) is 27.1. The molecule has 3 aliphatic carbocycles. The first kappa shape index (κ1) is 16.0. The predicted octanol–water partition coefficient (Wildman–Crippen LogP) is 1.87. The Morgan fingerprint density at radius 3 is 1.54 bits per heavy atom. The van der Waals surface area contributed by atoms with Gasteiger partial charge in [-0.3, -0.25) is 14.5 Å². The molecule has 1 heterocycles. The number of hydrogen-bond acceptors (Lipinski definition) is 4. The van der Waals surface area contributed by atoms with E-state index in [9.17, 15) is 19.8 Å². The Morgan fingerprint density at radius 2 is 1.11 bits per heavy atom. The highest BCUT2D eigenvalue weighted by atomic mass is 16.3. The molecule has 0 unspecified atom stereocenters. The molecule has 7 rings (SSSR count). The van der Waals surface area contributed by atoms with Crippen LogP contribution in [0.15, 0.2) is 60.7 Å². The molecule has 2 N–H and O–H groups in total. The highest BCUT2D eigenvalue weighted by Gasteiger charge is 2.72. The molecule has 2 amide bonds. The van der Waals surface area contributed by atoms with Crippen LogP contribution in [0.3, 0.4) is 0 Å². The molecule has 2 bridgehead atoms. The van der Waals surface area contributed by atoms with Crippen LogP contribution in [0, 0.1) is 11.8 Å². The van der Waals surface area contributed by atoms with Crippen LogP contribution in [0.25, 0.3) is 10.8 Å². The minimum Gasteiger partial charge on any atom is -0.379 e. The number of rotatable bonds is 0. The van der Waals surface area contributed by atoms with Crippen molar-refractivity contribution in [2.24, 2.45) is 11.8 Å². The highest BCUT2D eigenvalue weighted by Crippen LogP contribution is 2.64. The van der Waals surface area contributed by atoms with Gasteiger partial charge in [-0.05, 0) is 45.2 Å². The molecule has 0 radical (unpaired) electrons. The van der Waals surface area contributed by atoms with Crippen LogP contribution in [-0.4, -0.2) is 34.0 Å². The van der Waals surface area contributed by atoms with Gasteiger partial charge in [0.05, 0.1) is 11.8 Å². The number of hydrogen-bond donors (Lipinski definition) is 2. The van der Waals surface area contributed by atoms with Gasteiger partial charge in [-0.15, -0.1) is 0 Å². The summed E-state index contributed by atoms with van der Waals surface area (Å²) >= 11 is 0. The maximum absolute atomic E-state index is 13.0. The van der Waals surface area contributed by atoms with Crippen molar-refractivity contribution in [1.29, 1.82) is 0 Å². The van der Waals surface area contributed by atoms with Crippen molar-refractivity contribution in [3.63, 3.8) is 0 Å². The van der Waals surface area contributed by atoms with Gasteiger partial charge in [-0.1, -0.05) is 48.5 Å². The SMILES string of the molecule is CN1C(=O)[C@@H]2[C@H](C1=O)[C@@]1(O)c3ccccc3[C@@]2(O)c2cc3ccccc3cc21. The van der Waals surface area contributed by atoms with E-state index in [2.05, 4.69) is 0 Å². The first-order valence-electron chi connectivity index (χ1n) is 9.30. The number of carbonyl (C=O) groups excluding carboxylic acids is 2. The third-order valence-electron chi connectivity index (χ3n) is 6.88. The van der Waals surface area contributed by atoms with E-state index >= 15 is 0 Å². The summed E-state index contributed by atoms with van der Waals surface area (Å²) in [5.74, 6) is -2.99. The second-order valence-electron chi connectivity index (χ2n) is 8.01. The Bertz CT molecular complexity index is 1140. The topological polar surface area (TPSA) is 77.8 Å². The number of likely N-dealkylation sites (tertiary alicyclic amines) is 1. The molecule has 3 aromatic carbocycles. The van der Waals surface area contributed by atoms with E-state index in [1.807, 2.05) is 36.4 Å². The van der Waals surface area contributed by atoms with Crippen LogP contribution in [0.5, 0.6) is 0 Å². The van der Waals surface area contributed by atoms with E-state index in [0.717, 1.165) is 15.7 Å². The number of fused-ring (bicyclic) bond motifs is 1. The Labute approximate surface area is 160 Å². The fourth-order valence-electron chi connectivity index (χ4n) is 5.63. The Balaban J connectivity index is 1.82. The summed E-state index contributed by atoms with van der Waals surface area (Å²) in [5, 5.41) is 25.9. The van der Waals surface area contributed by atoms with Crippen LogP contribution in [0.2, 0.25) is 0 Å². The molecule has 5 heteroatoms. The summed E-state index contributed by atoms with van der Waals surface area (Å²) in [6.07, 6.45) is 0. The fourth-order valence-corrected chi connectivity index (χ4v) is 5.63. The second-order valence-corrected chi connectivity index (χ2v) is 8.01. The van der Waals surface area contributed by atoms with E-state index < -0.39 is 34.9 Å². The van der Waals surface area contributed by atoms with Gasteiger partial charge >= 0.3 is 0 Å². The lowest BCUT2D eigenvalue weighted by molar-refractivity contribution is -0.153. The lowest BCUT2D eigenvalue weighted by Gasteiger charge is -2.55. The molecule has 0 spiro atoms. The minimum atomic E-state index is -1.66. The largest absolute Gasteiger partial charge is 0.379 e. The number of imide groups is 1. The van der Waals surface area contributed by atoms with Gasteiger partial charge in [0.2, 0.25) is 11.8 Å². The summed E-state index contributed by atoms with van der Waals surface area (Å²) in [7, 11) is 1.42. The van der Waals surface area contributed by atoms with Crippen molar-refractivity contribution in [2.45, 2.75) is 11.2 Å². The van der Waals surface area contributed by atoms with Crippen molar-refractivity contribution >= 4 is 22.6 Å². The number of carbonyl (C=O) groups is 2. The molecular formula is C23H17NO4. The normalized spacial score (nSPS) is 32.5. The van der Waals surface area contributed by atoms with Crippen LogP contribution < -0.4 is 0 Å². The Kier molecular flexibility index (Phi) is 2.68. The van der Waals surface area contributed by atoms with Gasteiger partial charge in [-0.25, -0.2) is 0 Å². The zero-order valence-corrected chi connectivity index (χ0v) is 15.1. The van der Waals surface area contributed by atoms with Gasteiger partial charge in [0.1, 0.15) is 11.2 Å². The van der Waals surface area contributed by atoms with Crippen molar-refractivity contribution in [1.82, 2.24) is 4.90 Å². The summed E-state index contributed by atoms with van der Waals surface area (Å²) < 4.78 is 0. The molecular weight excluding hydrogens is 354 g/mol. The van der Waals surface area contributed by atoms with Gasteiger partial charge in [0, 0.05) is 7.05 Å². The lowest BCUT2D eigenvalue weighted by Crippen LogP contribution is -2.61. The fraction of sp³-hybridized carbons (Fsp3) is 0.217. The monoisotopic (exact) mass is 371 g/mol. The number of aliphatic hydroxyl groups is 2. The molecule has 5 nitrogen and oxygen atoms in total. The van der Waals surface area contributed by atoms with E-state index in [-0.39, 0.29) is 0 Å². The van der Waals surface area contributed by atoms with E-state index in [4.69, 9.17) is 0 Å². The predicted molar refractivity (Wildman–Crippen MR) is 101 cm³/mol. The zero-order valence-electron chi connectivity index (χ0n) is 15.1. The van der Waals surface area contributed by atoms with Crippen molar-refractivity contribution in [3.8, 4) is 0 Å².